The molecule has 92 heavy (non-hydrogen) atoms. The number of unbranched alkanes of at least 4 members (excludes halogenated alkanes) is 3. The highest BCUT2D eigenvalue weighted by Gasteiger charge is 2.35. The zero-order valence-corrected chi connectivity index (χ0v) is 54.6. The van der Waals surface area contributed by atoms with Crippen molar-refractivity contribution in [2.24, 2.45) is 34.8 Å². The number of hydrogen-bond donors (Lipinski definition) is 18. The molecule has 516 valence electrons. The number of carboxylic acid groups (broad SMARTS) is 1. The average molecular weight is 1320 g/mol. The number of carbonyl (C=O) groups excluding carboxylic acids is 11. The number of H-pyrrole nitrogens is 1. The van der Waals surface area contributed by atoms with Crippen LogP contribution in [-0.4, -0.2) is 203 Å². The number of aliphatic carboxylic acids is 1. The number of nitrogens with one attached hydrogen (secondary N) is 12. The molecule has 0 bridgehead atoms. The molecule has 1 aromatic heterocycles. The molecule has 1 heterocycles. The molecule has 11 unspecified atom stereocenters. The molecule has 0 aliphatic heterocycles. The van der Waals surface area contributed by atoms with Crippen molar-refractivity contribution in [3.8, 4) is 0 Å². The molecular weight excluding hydrogens is 1210 g/mol. The number of thioether (sulfide) groups is 1. The molecule has 0 fully saturated rings. The first-order valence-corrected chi connectivity index (χ1v) is 32.7. The fourth-order valence-electron chi connectivity index (χ4n) is 9.22. The van der Waals surface area contributed by atoms with Crippen LogP contribution in [0.2, 0.25) is 0 Å². The van der Waals surface area contributed by atoms with E-state index >= 15 is 0 Å². The molecule has 0 aliphatic carbocycles. The molecule has 31 nitrogen and oxygen atoms in total. The Balaban J connectivity index is 2.36. The smallest absolute Gasteiger partial charge is 0.326 e. The minimum Gasteiger partial charge on any atom is -0.480 e. The number of carbonyl (C=O) groups is 12. The Bertz CT molecular complexity index is 2640. The third-order valence-electron chi connectivity index (χ3n) is 14.8. The predicted octanol–water partition coefficient (Wildman–Crippen LogP) is -3.55. The molecule has 0 spiro atoms. The second kappa shape index (κ2) is 44.7. The van der Waals surface area contributed by atoms with E-state index in [1.807, 2.05) is 6.26 Å². The largest absolute Gasteiger partial charge is 0.480 e. The lowest BCUT2D eigenvalue weighted by Gasteiger charge is -2.28. The maximum absolute atomic E-state index is 14.6. The van der Waals surface area contributed by atoms with Gasteiger partial charge in [-0.2, -0.15) is 11.8 Å². The molecule has 0 radical (unpaired) electrons. The first kappa shape index (κ1) is 80.3. The van der Waals surface area contributed by atoms with Crippen molar-refractivity contribution in [1.29, 1.82) is 0 Å². The van der Waals surface area contributed by atoms with Gasteiger partial charge in [-0.1, -0.05) is 64.4 Å². The van der Waals surface area contributed by atoms with Crippen LogP contribution in [0.25, 0.3) is 0 Å². The number of rotatable bonds is 47. The van der Waals surface area contributed by atoms with Crippen molar-refractivity contribution in [1.82, 2.24) is 68.5 Å². The first-order chi connectivity index (χ1) is 43.8. The number of carboxylic acids is 1. The van der Waals surface area contributed by atoms with E-state index in [4.69, 9.17) is 22.9 Å². The molecule has 1 aromatic carbocycles. The second-order valence-electron chi connectivity index (χ2n) is 22.9. The van der Waals surface area contributed by atoms with Gasteiger partial charge in [0.05, 0.1) is 32.1 Å². The molecule has 32 heteroatoms. The third-order valence-corrected chi connectivity index (χ3v) is 15.4. The summed E-state index contributed by atoms with van der Waals surface area (Å²) in [7, 11) is 0. The summed E-state index contributed by atoms with van der Waals surface area (Å²) in [6.07, 6.45) is 7.91. The van der Waals surface area contributed by atoms with Crippen molar-refractivity contribution < 1.29 is 67.7 Å². The lowest BCUT2D eigenvalue weighted by molar-refractivity contribution is -0.142. The van der Waals surface area contributed by atoms with Gasteiger partial charge in [-0.25, -0.2) is 9.78 Å². The topological polar surface area (TPSA) is 510 Å². The number of aromatic amines is 1. The van der Waals surface area contributed by atoms with Crippen molar-refractivity contribution in [2.45, 2.75) is 185 Å². The van der Waals surface area contributed by atoms with E-state index in [0.717, 1.165) is 0 Å². The normalized spacial score (nSPS) is 14.7. The molecule has 2 aromatic rings. The Labute approximate surface area is 542 Å². The predicted molar refractivity (Wildman–Crippen MR) is 345 cm³/mol. The van der Waals surface area contributed by atoms with Gasteiger partial charge in [0, 0.05) is 24.7 Å². The summed E-state index contributed by atoms with van der Waals surface area (Å²) in [6.45, 7) is 7.16. The summed E-state index contributed by atoms with van der Waals surface area (Å²) in [4.78, 5) is 169. The Morgan fingerprint density at radius 1 is 0.543 bits per heavy atom. The van der Waals surface area contributed by atoms with Crippen LogP contribution in [0.3, 0.4) is 0 Å². The van der Waals surface area contributed by atoms with Crippen LogP contribution in [0.4, 0.5) is 0 Å². The van der Waals surface area contributed by atoms with Gasteiger partial charge < -0.3 is 96.6 Å². The standard InChI is InChI=1S/C60H101N17O14S/c1-7-36(4)50(77-49(80)32-66-52(82)40(64)22-26-92-6)59(89)67-31-48(79)70-41(19-11-14-23-61)53(83)74-45(28-38-17-9-8-10-18-38)56(86)73-44(27-35(2)3)55(85)75-46(29-39-30-65-34-68-39)57(87)76-47(33-78)58(88)69-37(5)51(81)71-42(20-12-15-24-62)54(84)72-43(60(90)91)21-13-16-25-63/h8-10,17-18,30,34-37,40-47,50,78H,7,11-16,19-29,31-33,61-64H2,1-6H3,(H,65,68)(H,66,82)(H,67,89)(H,69,88)(H,70,79)(H,71,81)(H,72,84)(H,73,86)(H,74,83)(H,75,85)(H,76,87)(H,77,80)(H,90,91). The summed E-state index contributed by atoms with van der Waals surface area (Å²) >= 11 is 1.52. The highest BCUT2D eigenvalue weighted by Crippen LogP contribution is 2.13. The number of nitrogens with two attached hydrogens (primary N) is 4. The maximum atomic E-state index is 14.6. The van der Waals surface area contributed by atoms with Crippen molar-refractivity contribution in [3.63, 3.8) is 0 Å². The molecule has 11 amide bonds. The quantitative estimate of drug-likeness (QED) is 0.0285. The van der Waals surface area contributed by atoms with E-state index in [0.29, 0.717) is 74.9 Å². The minimum absolute atomic E-state index is 0.00287. The van der Waals surface area contributed by atoms with Crippen LogP contribution in [-0.2, 0) is 70.4 Å². The Kier molecular flexibility index (Phi) is 39.0. The van der Waals surface area contributed by atoms with Crippen molar-refractivity contribution in [2.75, 3.05) is 51.3 Å². The van der Waals surface area contributed by atoms with E-state index in [-0.39, 0.29) is 57.5 Å². The lowest BCUT2D eigenvalue weighted by Crippen LogP contribution is -2.61. The summed E-state index contributed by atoms with van der Waals surface area (Å²) in [5, 5.41) is 48.3. The molecule has 2 rings (SSSR count). The minimum atomic E-state index is -1.71. The van der Waals surface area contributed by atoms with Gasteiger partial charge in [0.2, 0.25) is 65.0 Å². The molecule has 0 aliphatic rings. The number of imidazole rings is 1. The van der Waals surface area contributed by atoms with Crippen LogP contribution < -0.4 is 81.4 Å². The number of amides is 11. The van der Waals surface area contributed by atoms with Crippen LogP contribution in [0.1, 0.15) is 123 Å². The molecule has 22 N–H and O–H groups in total. The van der Waals surface area contributed by atoms with Crippen molar-refractivity contribution in [3.05, 3.63) is 54.1 Å². The van der Waals surface area contributed by atoms with E-state index in [1.165, 1.54) is 31.2 Å². The first-order valence-electron chi connectivity index (χ1n) is 31.3. The summed E-state index contributed by atoms with van der Waals surface area (Å²) in [5.41, 5.74) is 23.8. The van der Waals surface area contributed by atoms with Gasteiger partial charge >= 0.3 is 5.97 Å². The Hall–Kier alpha value is -7.78. The van der Waals surface area contributed by atoms with Crippen LogP contribution >= 0.6 is 11.8 Å². The number of hydrogen-bond acceptors (Lipinski definition) is 19. The molecule has 0 saturated heterocycles. The summed E-state index contributed by atoms with van der Waals surface area (Å²) in [6, 6.07) is -4.41. The highest BCUT2D eigenvalue weighted by atomic mass is 32.2. The lowest BCUT2D eigenvalue weighted by atomic mass is 9.98. The third kappa shape index (κ3) is 31.0. The van der Waals surface area contributed by atoms with Gasteiger partial charge in [-0.05, 0) is 127 Å². The summed E-state index contributed by atoms with van der Waals surface area (Å²) in [5.74, 6) is -10.1. The molecular formula is C60H101N17O14S. The number of aromatic nitrogens is 2. The van der Waals surface area contributed by atoms with E-state index in [9.17, 15) is 67.7 Å². The van der Waals surface area contributed by atoms with E-state index in [1.54, 1.807) is 58.0 Å². The van der Waals surface area contributed by atoms with E-state index < -0.39 is 157 Å². The fourth-order valence-corrected chi connectivity index (χ4v) is 9.71. The van der Waals surface area contributed by atoms with Crippen LogP contribution in [0.15, 0.2) is 42.9 Å². The molecule has 0 saturated carbocycles. The molecule has 11 atom stereocenters. The fraction of sp³-hybridized carbons (Fsp3) is 0.650. The number of aliphatic hydroxyl groups excluding tert-OH is 1. The van der Waals surface area contributed by atoms with Gasteiger partial charge in [0.1, 0.15) is 54.4 Å². The maximum Gasteiger partial charge on any atom is 0.326 e. The van der Waals surface area contributed by atoms with Gasteiger partial charge in [0.25, 0.3) is 0 Å². The Morgan fingerprint density at radius 3 is 1.52 bits per heavy atom. The number of aliphatic hydroxyl groups is 1. The zero-order valence-electron chi connectivity index (χ0n) is 53.8. The highest BCUT2D eigenvalue weighted by molar-refractivity contribution is 7.98. The zero-order chi connectivity index (χ0) is 68.7. The SMILES string of the molecule is CCC(C)C(NC(=O)CNC(=O)C(N)CCSC)C(=O)NCC(=O)NC(CCCCN)C(=O)NC(Cc1ccccc1)C(=O)NC(CC(C)C)C(=O)NC(Cc1cnc[nH]1)C(=O)NC(CO)C(=O)NC(C)C(=O)NC(CCCCN)C(=O)NC(CCCCN)C(=O)O. The second-order valence-corrected chi connectivity index (χ2v) is 23.9. The van der Waals surface area contributed by atoms with E-state index in [2.05, 4.69) is 68.5 Å². The number of nitrogens with zero attached hydrogens (tertiary/aromatic N) is 1. The average Bonchev–Trinajstić information content (AvgIpc) is 1.43. The van der Waals surface area contributed by atoms with Crippen molar-refractivity contribution >= 4 is 82.7 Å². The number of benzene rings is 1. The van der Waals surface area contributed by atoms with Crippen LogP contribution in [0.5, 0.6) is 0 Å². The van der Waals surface area contributed by atoms with Gasteiger partial charge in [-0.15, -0.1) is 0 Å². The van der Waals surface area contributed by atoms with Gasteiger partial charge in [-0.3, -0.25) is 52.7 Å². The Morgan fingerprint density at radius 2 is 1.01 bits per heavy atom. The monoisotopic (exact) mass is 1320 g/mol. The summed E-state index contributed by atoms with van der Waals surface area (Å²) < 4.78 is 0. The van der Waals surface area contributed by atoms with Crippen LogP contribution in [0, 0.1) is 11.8 Å². The van der Waals surface area contributed by atoms with Gasteiger partial charge in [0.15, 0.2) is 0 Å².